The highest BCUT2D eigenvalue weighted by molar-refractivity contribution is 5.85. The lowest BCUT2D eigenvalue weighted by Gasteiger charge is -2.28. The predicted octanol–water partition coefficient (Wildman–Crippen LogP) is 3.22. The number of aromatic nitrogens is 3. The number of nitrogens with two attached hydrogens (primary N) is 1. The van der Waals surface area contributed by atoms with E-state index in [1.807, 2.05) is 24.5 Å². The molecule has 27 heavy (non-hydrogen) atoms. The van der Waals surface area contributed by atoms with E-state index in [-0.39, 0.29) is 0 Å². The molecule has 0 bridgehead atoms. The number of piperazine rings is 1. The van der Waals surface area contributed by atoms with Crippen LogP contribution in [0.15, 0.2) is 54.9 Å². The summed E-state index contributed by atoms with van der Waals surface area (Å²) in [6, 6.07) is 14.6. The molecule has 1 aliphatic rings. The van der Waals surface area contributed by atoms with Crippen molar-refractivity contribution in [1.82, 2.24) is 20.3 Å². The number of benzene rings is 1. The molecule has 0 unspecified atom stereocenters. The van der Waals surface area contributed by atoms with Gasteiger partial charge in [-0.2, -0.15) is 0 Å². The normalized spacial score (nSPS) is 14.7. The van der Waals surface area contributed by atoms with Crippen molar-refractivity contribution in [3.63, 3.8) is 0 Å². The first-order valence-electron chi connectivity index (χ1n) is 9.26. The number of rotatable bonds is 3. The van der Waals surface area contributed by atoms with Crippen LogP contribution in [0.1, 0.15) is 0 Å². The molecule has 0 aliphatic carbocycles. The standard InChI is InChI=1S/C21H22N6/c22-17-13-20(26-21(17)27-9-7-23-8-10-27)16-4-6-25-19(12-16)15-2-1-14-3-5-24-18(14)11-15/h1-6,11-13,23-24,26H,7-10,22H2. The van der Waals surface area contributed by atoms with Crippen molar-refractivity contribution >= 4 is 22.4 Å². The number of anilines is 2. The lowest BCUT2D eigenvalue weighted by atomic mass is 10.1. The predicted molar refractivity (Wildman–Crippen MR) is 111 cm³/mol. The molecule has 1 fully saturated rings. The van der Waals surface area contributed by atoms with Gasteiger partial charge in [0.15, 0.2) is 0 Å². The van der Waals surface area contributed by atoms with Crippen LogP contribution in [0.3, 0.4) is 0 Å². The molecule has 0 atom stereocenters. The maximum absolute atomic E-state index is 6.30. The SMILES string of the molecule is Nc1cc(-c2ccnc(-c3ccc4cc[nH]c4c3)c2)[nH]c1N1CCNCC1. The van der Waals surface area contributed by atoms with Gasteiger partial charge in [0.25, 0.3) is 0 Å². The minimum atomic E-state index is 0.790. The van der Waals surface area contributed by atoms with E-state index < -0.39 is 0 Å². The molecular weight excluding hydrogens is 336 g/mol. The average Bonchev–Trinajstić information content (AvgIpc) is 3.34. The number of pyridine rings is 1. The Bertz CT molecular complexity index is 1090. The molecule has 1 saturated heterocycles. The van der Waals surface area contributed by atoms with E-state index in [4.69, 9.17) is 5.73 Å². The van der Waals surface area contributed by atoms with Gasteiger partial charge in [-0.3, -0.25) is 4.98 Å². The lowest BCUT2D eigenvalue weighted by molar-refractivity contribution is 0.586. The molecular formula is C21H22N6. The maximum atomic E-state index is 6.30. The van der Waals surface area contributed by atoms with E-state index in [1.165, 1.54) is 5.39 Å². The minimum Gasteiger partial charge on any atom is -0.396 e. The number of nitrogen functional groups attached to an aromatic ring is 1. The van der Waals surface area contributed by atoms with E-state index in [0.717, 1.165) is 65.7 Å². The molecule has 1 aromatic carbocycles. The Labute approximate surface area is 157 Å². The molecule has 5 N–H and O–H groups in total. The Morgan fingerprint density at radius 3 is 2.74 bits per heavy atom. The van der Waals surface area contributed by atoms with E-state index in [0.29, 0.717) is 0 Å². The second kappa shape index (κ2) is 6.48. The molecule has 0 radical (unpaired) electrons. The molecule has 4 heterocycles. The third-order valence-corrected chi connectivity index (χ3v) is 5.18. The van der Waals surface area contributed by atoms with Gasteiger partial charge in [-0.25, -0.2) is 0 Å². The highest BCUT2D eigenvalue weighted by atomic mass is 15.2. The Balaban J connectivity index is 1.50. The van der Waals surface area contributed by atoms with Crippen LogP contribution in [0.5, 0.6) is 0 Å². The summed E-state index contributed by atoms with van der Waals surface area (Å²) in [6.45, 7) is 3.88. The van der Waals surface area contributed by atoms with Crippen molar-refractivity contribution in [2.75, 3.05) is 36.8 Å². The second-order valence-electron chi connectivity index (χ2n) is 6.93. The molecule has 0 amide bonds. The van der Waals surface area contributed by atoms with Gasteiger partial charge in [0.05, 0.1) is 11.4 Å². The van der Waals surface area contributed by atoms with Crippen LogP contribution in [-0.4, -0.2) is 41.1 Å². The van der Waals surface area contributed by atoms with Gasteiger partial charge >= 0.3 is 0 Å². The number of fused-ring (bicyclic) bond motifs is 1. The van der Waals surface area contributed by atoms with Crippen molar-refractivity contribution in [1.29, 1.82) is 0 Å². The first-order chi connectivity index (χ1) is 13.3. The van der Waals surface area contributed by atoms with Crippen LogP contribution in [0, 0.1) is 0 Å². The summed E-state index contributed by atoms with van der Waals surface area (Å²) in [6.07, 6.45) is 3.81. The Hall–Kier alpha value is -3.25. The van der Waals surface area contributed by atoms with E-state index in [2.05, 4.69) is 55.5 Å². The summed E-state index contributed by atoms with van der Waals surface area (Å²) < 4.78 is 0. The van der Waals surface area contributed by atoms with Crippen LogP contribution in [0.2, 0.25) is 0 Å². The van der Waals surface area contributed by atoms with E-state index in [1.54, 1.807) is 0 Å². The fourth-order valence-electron chi connectivity index (χ4n) is 3.73. The Morgan fingerprint density at radius 1 is 0.963 bits per heavy atom. The molecule has 5 rings (SSSR count). The van der Waals surface area contributed by atoms with Gasteiger partial charge in [-0.05, 0) is 35.7 Å². The largest absolute Gasteiger partial charge is 0.396 e. The highest BCUT2D eigenvalue weighted by Crippen LogP contribution is 2.31. The fourth-order valence-corrected chi connectivity index (χ4v) is 3.73. The summed E-state index contributed by atoms with van der Waals surface area (Å²) in [7, 11) is 0. The van der Waals surface area contributed by atoms with Crippen molar-refractivity contribution in [3.05, 3.63) is 54.9 Å². The average molecular weight is 358 g/mol. The number of hydrogen-bond donors (Lipinski definition) is 4. The topological polar surface area (TPSA) is 85.8 Å². The van der Waals surface area contributed by atoms with Crippen molar-refractivity contribution in [2.45, 2.75) is 0 Å². The van der Waals surface area contributed by atoms with E-state index in [9.17, 15) is 0 Å². The van der Waals surface area contributed by atoms with Gasteiger partial charge in [-0.15, -0.1) is 0 Å². The number of aromatic amines is 2. The lowest BCUT2D eigenvalue weighted by Crippen LogP contribution is -2.43. The summed E-state index contributed by atoms with van der Waals surface area (Å²) in [5, 5.41) is 4.57. The number of hydrogen-bond acceptors (Lipinski definition) is 4. The van der Waals surface area contributed by atoms with Gasteiger partial charge in [-0.1, -0.05) is 12.1 Å². The van der Waals surface area contributed by atoms with Crippen molar-refractivity contribution in [2.24, 2.45) is 0 Å². The van der Waals surface area contributed by atoms with Crippen LogP contribution in [-0.2, 0) is 0 Å². The summed E-state index contributed by atoms with van der Waals surface area (Å²) >= 11 is 0. The zero-order chi connectivity index (χ0) is 18.2. The Kier molecular flexibility index (Phi) is 3.83. The summed E-state index contributed by atoms with van der Waals surface area (Å²) in [5.41, 5.74) is 12.3. The number of nitrogens with zero attached hydrogens (tertiary/aromatic N) is 2. The third kappa shape index (κ3) is 2.94. The molecule has 4 aromatic rings. The van der Waals surface area contributed by atoms with Crippen molar-refractivity contribution < 1.29 is 0 Å². The van der Waals surface area contributed by atoms with Crippen LogP contribution < -0.4 is 16.0 Å². The third-order valence-electron chi connectivity index (χ3n) is 5.18. The van der Waals surface area contributed by atoms with Gasteiger partial charge in [0, 0.05) is 60.9 Å². The van der Waals surface area contributed by atoms with Crippen LogP contribution in [0.4, 0.5) is 11.5 Å². The van der Waals surface area contributed by atoms with Gasteiger partial charge in [0.2, 0.25) is 0 Å². The van der Waals surface area contributed by atoms with Gasteiger partial charge < -0.3 is 25.9 Å². The van der Waals surface area contributed by atoms with Crippen LogP contribution in [0.25, 0.3) is 33.4 Å². The summed E-state index contributed by atoms with van der Waals surface area (Å²) in [4.78, 5) is 13.6. The van der Waals surface area contributed by atoms with Gasteiger partial charge in [0.1, 0.15) is 5.82 Å². The van der Waals surface area contributed by atoms with Crippen LogP contribution >= 0.6 is 0 Å². The van der Waals surface area contributed by atoms with E-state index >= 15 is 0 Å². The summed E-state index contributed by atoms with van der Waals surface area (Å²) in [5.74, 6) is 1.01. The smallest absolute Gasteiger partial charge is 0.130 e. The minimum absolute atomic E-state index is 0.790. The quantitative estimate of drug-likeness (QED) is 0.453. The molecule has 1 aliphatic heterocycles. The molecule has 0 saturated carbocycles. The Morgan fingerprint density at radius 2 is 1.85 bits per heavy atom. The zero-order valence-corrected chi connectivity index (χ0v) is 15.0. The highest BCUT2D eigenvalue weighted by Gasteiger charge is 2.16. The second-order valence-corrected chi connectivity index (χ2v) is 6.93. The first kappa shape index (κ1) is 16.0. The first-order valence-corrected chi connectivity index (χ1v) is 9.26. The molecule has 3 aromatic heterocycles. The van der Waals surface area contributed by atoms with Crippen molar-refractivity contribution in [3.8, 4) is 22.5 Å². The molecule has 0 spiro atoms. The molecule has 136 valence electrons. The number of nitrogens with one attached hydrogen (secondary N) is 3. The monoisotopic (exact) mass is 358 g/mol. The zero-order valence-electron chi connectivity index (χ0n) is 15.0. The molecule has 6 nitrogen and oxygen atoms in total. The number of H-pyrrole nitrogens is 2. The molecule has 6 heteroatoms. The maximum Gasteiger partial charge on any atom is 0.130 e. The fraction of sp³-hybridized carbons (Fsp3) is 0.190.